The zero-order valence-electron chi connectivity index (χ0n) is 13.7. The summed E-state index contributed by atoms with van der Waals surface area (Å²) in [4.78, 5) is 12.6. The summed E-state index contributed by atoms with van der Waals surface area (Å²) in [6, 6.07) is 4.26. The number of hydrogen-bond acceptors (Lipinski definition) is 5. The zero-order chi connectivity index (χ0) is 17.7. The number of allylic oxidation sites excluding steroid dienone is 1. The van der Waals surface area contributed by atoms with Crippen LogP contribution in [0.3, 0.4) is 0 Å². The molecule has 0 saturated heterocycles. The lowest BCUT2D eigenvalue weighted by Gasteiger charge is -2.28. The summed E-state index contributed by atoms with van der Waals surface area (Å²) in [5, 5.41) is 17.5. The number of hydrogen-bond donors (Lipinski definition) is 3. The Morgan fingerprint density at radius 3 is 2.88 bits per heavy atom. The summed E-state index contributed by atoms with van der Waals surface area (Å²) in [6.07, 6.45) is 1.92. The van der Waals surface area contributed by atoms with Crippen molar-refractivity contribution in [1.82, 2.24) is 0 Å². The van der Waals surface area contributed by atoms with Crippen molar-refractivity contribution in [3.05, 3.63) is 40.9 Å². The molecule has 1 aliphatic rings. The Hall–Kier alpha value is -2.21. The molecular formula is C18H23FN2O3. The number of nitrogen functional groups attached to an aromatic ring is 1. The van der Waals surface area contributed by atoms with Crippen molar-refractivity contribution in [3.8, 4) is 0 Å². The molecule has 2 atom stereocenters. The second-order valence-corrected chi connectivity index (χ2v) is 5.90. The molecule has 4 N–H and O–H groups in total. The van der Waals surface area contributed by atoms with Gasteiger partial charge in [0, 0.05) is 31.1 Å². The van der Waals surface area contributed by atoms with Crippen molar-refractivity contribution in [2.45, 2.75) is 44.6 Å². The molecule has 2 rings (SSSR count). The average molecular weight is 334 g/mol. The Morgan fingerprint density at radius 2 is 2.25 bits per heavy atom. The maximum absolute atomic E-state index is 14.0. The number of nitrogens with one attached hydrogen (secondary N) is 1. The van der Waals surface area contributed by atoms with Crippen LogP contribution in [-0.4, -0.2) is 29.8 Å². The number of halogens is 1. The second-order valence-electron chi connectivity index (χ2n) is 5.90. The van der Waals surface area contributed by atoms with Crippen LogP contribution in [-0.2, 0) is 9.53 Å². The first-order valence-electron chi connectivity index (χ1n) is 8.08. The highest BCUT2D eigenvalue weighted by molar-refractivity contribution is 5.98. The third-order valence-electron chi connectivity index (χ3n) is 4.21. The fourth-order valence-electron chi connectivity index (χ4n) is 3.12. The van der Waals surface area contributed by atoms with E-state index in [-0.39, 0.29) is 30.0 Å². The van der Waals surface area contributed by atoms with Crippen molar-refractivity contribution in [3.63, 3.8) is 0 Å². The molecule has 5 nitrogen and oxygen atoms in total. The molecule has 0 saturated carbocycles. The highest BCUT2D eigenvalue weighted by atomic mass is 19.1. The lowest BCUT2D eigenvalue weighted by Crippen LogP contribution is -2.29. The monoisotopic (exact) mass is 334 g/mol. The third-order valence-corrected chi connectivity index (χ3v) is 4.21. The van der Waals surface area contributed by atoms with Gasteiger partial charge in [0.2, 0.25) is 0 Å². The van der Waals surface area contributed by atoms with Crippen molar-refractivity contribution < 1.29 is 19.0 Å². The molecular weight excluding hydrogens is 311 g/mol. The first-order chi connectivity index (χ1) is 11.5. The van der Waals surface area contributed by atoms with Gasteiger partial charge in [0.25, 0.3) is 0 Å². The minimum absolute atomic E-state index is 0.0542. The summed E-state index contributed by atoms with van der Waals surface area (Å²) < 4.78 is 19.6. The number of aliphatic hydroxyl groups is 1. The number of carbonyl (C=O) groups excluding carboxylic acids is 1. The standard InChI is InChI=1S/C18H23FN2O3/c1-2-24-17(4-3-7-20)18-15(22)8-11(9-16(18)23)13-10-12(21)5-6-14(13)19/h5-7,10-11,17,20,22H,2-4,8-9,21H2,1H3. The molecule has 0 bridgehead atoms. The first-order valence-corrected chi connectivity index (χ1v) is 8.08. The van der Waals surface area contributed by atoms with Gasteiger partial charge in [0.05, 0.1) is 11.7 Å². The van der Waals surface area contributed by atoms with Gasteiger partial charge in [0.1, 0.15) is 11.6 Å². The number of carbonyl (C=O) groups is 1. The van der Waals surface area contributed by atoms with E-state index in [0.29, 0.717) is 30.7 Å². The average Bonchev–Trinajstić information content (AvgIpc) is 2.54. The molecule has 0 heterocycles. The minimum atomic E-state index is -0.532. The fourth-order valence-corrected chi connectivity index (χ4v) is 3.12. The quantitative estimate of drug-likeness (QED) is 0.525. The highest BCUT2D eigenvalue weighted by Crippen LogP contribution is 2.37. The maximum atomic E-state index is 14.0. The van der Waals surface area contributed by atoms with Gasteiger partial charge in [-0.1, -0.05) is 0 Å². The third kappa shape index (κ3) is 4.00. The van der Waals surface area contributed by atoms with Crippen LogP contribution in [0.4, 0.5) is 10.1 Å². The van der Waals surface area contributed by atoms with E-state index in [4.69, 9.17) is 15.9 Å². The summed E-state index contributed by atoms with van der Waals surface area (Å²) in [5.41, 5.74) is 6.74. The molecule has 0 radical (unpaired) electrons. The molecule has 0 aliphatic heterocycles. The number of Topliss-reactive ketones (excluding diaryl/α,β-unsaturated/α-hetero) is 1. The predicted molar refractivity (Wildman–Crippen MR) is 90.9 cm³/mol. The van der Waals surface area contributed by atoms with Gasteiger partial charge < -0.3 is 21.0 Å². The van der Waals surface area contributed by atoms with E-state index in [2.05, 4.69) is 0 Å². The van der Waals surface area contributed by atoms with Crippen LogP contribution in [0.1, 0.15) is 44.1 Å². The minimum Gasteiger partial charge on any atom is -0.512 e. The van der Waals surface area contributed by atoms with Crippen molar-refractivity contribution in [1.29, 1.82) is 5.41 Å². The largest absolute Gasteiger partial charge is 0.512 e. The number of ketones is 1. The molecule has 130 valence electrons. The van der Waals surface area contributed by atoms with Crippen LogP contribution in [0.2, 0.25) is 0 Å². The molecule has 1 aromatic rings. The number of benzene rings is 1. The van der Waals surface area contributed by atoms with Crippen LogP contribution in [0.15, 0.2) is 29.5 Å². The molecule has 1 aliphatic carbocycles. The van der Waals surface area contributed by atoms with Gasteiger partial charge in [-0.15, -0.1) is 0 Å². The van der Waals surface area contributed by atoms with Crippen molar-refractivity contribution in [2.75, 3.05) is 12.3 Å². The van der Waals surface area contributed by atoms with E-state index in [9.17, 15) is 14.3 Å². The molecule has 0 amide bonds. The molecule has 6 heteroatoms. The van der Waals surface area contributed by atoms with Crippen molar-refractivity contribution >= 4 is 17.7 Å². The predicted octanol–water partition coefficient (Wildman–Crippen LogP) is 3.50. The van der Waals surface area contributed by atoms with Gasteiger partial charge in [-0.2, -0.15) is 0 Å². The smallest absolute Gasteiger partial charge is 0.165 e. The van der Waals surface area contributed by atoms with E-state index in [1.54, 1.807) is 0 Å². The van der Waals surface area contributed by atoms with Crippen LogP contribution in [0.25, 0.3) is 0 Å². The van der Waals surface area contributed by atoms with Crippen LogP contribution >= 0.6 is 0 Å². The molecule has 2 unspecified atom stereocenters. The Bertz CT molecular complexity index is 658. The topological polar surface area (TPSA) is 96.4 Å². The number of ether oxygens (including phenoxy) is 1. The van der Waals surface area contributed by atoms with E-state index >= 15 is 0 Å². The number of rotatable bonds is 7. The number of anilines is 1. The van der Waals surface area contributed by atoms with Gasteiger partial charge in [0.15, 0.2) is 5.78 Å². The number of nitrogens with two attached hydrogens (primary N) is 1. The number of aliphatic hydroxyl groups excluding tert-OH is 1. The molecule has 24 heavy (non-hydrogen) atoms. The summed E-state index contributed by atoms with van der Waals surface area (Å²) in [6.45, 7) is 2.22. The second kappa shape index (κ2) is 8.06. The van der Waals surface area contributed by atoms with Crippen LogP contribution < -0.4 is 5.73 Å². The SMILES string of the molecule is CCOC(CCC=N)C1=C(O)CC(c2cc(N)ccc2F)CC1=O. The summed E-state index contributed by atoms with van der Waals surface area (Å²) >= 11 is 0. The first kappa shape index (κ1) is 18.1. The lowest BCUT2D eigenvalue weighted by molar-refractivity contribution is -0.118. The van der Waals surface area contributed by atoms with Gasteiger partial charge in [-0.25, -0.2) is 4.39 Å². The van der Waals surface area contributed by atoms with E-state index in [1.165, 1.54) is 24.4 Å². The Labute approximate surface area is 140 Å². The summed E-state index contributed by atoms with van der Waals surface area (Å²) in [7, 11) is 0. The molecule has 1 aromatic carbocycles. The Balaban J connectivity index is 2.28. The zero-order valence-corrected chi connectivity index (χ0v) is 13.7. The van der Waals surface area contributed by atoms with Gasteiger partial charge in [-0.3, -0.25) is 4.79 Å². The highest BCUT2D eigenvalue weighted by Gasteiger charge is 2.34. The summed E-state index contributed by atoms with van der Waals surface area (Å²) in [5.74, 6) is -1.16. The van der Waals surface area contributed by atoms with Crippen LogP contribution in [0, 0.1) is 11.2 Å². The fraction of sp³-hybridized carbons (Fsp3) is 0.444. The molecule has 0 fully saturated rings. The van der Waals surface area contributed by atoms with E-state index < -0.39 is 17.8 Å². The lowest BCUT2D eigenvalue weighted by atomic mass is 9.80. The molecule has 0 aromatic heterocycles. The van der Waals surface area contributed by atoms with Crippen LogP contribution in [0.5, 0.6) is 0 Å². The van der Waals surface area contributed by atoms with E-state index in [0.717, 1.165) is 0 Å². The normalized spacial score (nSPS) is 19.4. The Kier molecular flexibility index (Phi) is 6.09. The van der Waals surface area contributed by atoms with E-state index in [1.807, 2.05) is 6.92 Å². The van der Waals surface area contributed by atoms with Crippen molar-refractivity contribution in [2.24, 2.45) is 0 Å². The maximum Gasteiger partial charge on any atom is 0.165 e. The Morgan fingerprint density at radius 1 is 1.50 bits per heavy atom. The van der Waals surface area contributed by atoms with Gasteiger partial charge in [-0.05, 0) is 49.7 Å². The molecule has 0 spiro atoms. The van der Waals surface area contributed by atoms with Gasteiger partial charge >= 0.3 is 0 Å².